The summed E-state index contributed by atoms with van der Waals surface area (Å²) in [6.07, 6.45) is 2.09. The van der Waals surface area contributed by atoms with Gasteiger partial charge in [-0.1, -0.05) is 18.2 Å². The largest absolute Gasteiger partial charge is 0.480 e. The maximum Gasteiger partial charge on any atom is 0.326 e. The van der Waals surface area contributed by atoms with Crippen molar-refractivity contribution in [1.29, 1.82) is 0 Å². The molecule has 1 aromatic heterocycles. The molecular formula is C23H30N6O6. The summed E-state index contributed by atoms with van der Waals surface area (Å²) in [4.78, 5) is 66.0. The predicted molar refractivity (Wildman–Crippen MR) is 126 cm³/mol. The number of amides is 4. The van der Waals surface area contributed by atoms with Crippen molar-refractivity contribution in [2.45, 2.75) is 56.8 Å². The first-order chi connectivity index (χ1) is 16.6. The highest BCUT2D eigenvalue weighted by molar-refractivity contribution is 5.96. The Labute approximate surface area is 201 Å². The van der Waals surface area contributed by atoms with Gasteiger partial charge in [0, 0.05) is 30.1 Å². The predicted octanol–water partition coefficient (Wildman–Crippen LogP) is -1.02. The number of H-pyrrole nitrogens is 1. The average Bonchev–Trinajstić information content (AvgIpc) is 3.45. The molecule has 8 N–H and O–H groups in total. The number of carbonyl (C=O) groups is 5. The summed E-state index contributed by atoms with van der Waals surface area (Å²) in [6, 6.07) is 3.04. The molecule has 12 nitrogen and oxygen atoms in total. The van der Waals surface area contributed by atoms with Crippen LogP contribution >= 0.6 is 0 Å². The van der Waals surface area contributed by atoms with Crippen molar-refractivity contribution in [3.63, 3.8) is 0 Å². The van der Waals surface area contributed by atoms with E-state index in [1.54, 1.807) is 6.20 Å². The number of primary amides is 1. The zero-order valence-electron chi connectivity index (χ0n) is 19.3. The van der Waals surface area contributed by atoms with E-state index in [-0.39, 0.29) is 13.0 Å². The Morgan fingerprint density at radius 3 is 2.54 bits per heavy atom. The molecule has 4 amide bonds. The van der Waals surface area contributed by atoms with Crippen LogP contribution in [0.25, 0.3) is 10.9 Å². The molecule has 12 heteroatoms. The van der Waals surface area contributed by atoms with Gasteiger partial charge in [0.15, 0.2) is 0 Å². The van der Waals surface area contributed by atoms with E-state index in [9.17, 15) is 29.1 Å². The van der Waals surface area contributed by atoms with Gasteiger partial charge in [-0.25, -0.2) is 4.79 Å². The Balaban J connectivity index is 1.73. The smallest absolute Gasteiger partial charge is 0.326 e. The molecule has 0 aliphatic carbocycles. The number of hydrogen-bond donors (Lipinski definition) is 6. The number of likely N-dealkylation sites (tertiary alicyclic amines) is 1. The molecule has 3 rings (SSSR count). The maximum atomic E-state index is 13.1. The number of hydrogen-bond acceptors (Lipinski definition) is 6. The fourth-order valence-corrected chi connectivity index (χ4v) is 4.20. The number of carbonyl (C=O) groups excluding carboxylic acids is 4. The molecule has 1 aliphatic heterocycles. The second-order valence-electron chi connectivity index (χ2n) is 8.67. The molecule has 1 aliphatic rings. The van der Waals surface area contributed by atoms with Crippen LogP contribution in [-0.2, 0) is 30.4 Å². The Morgan fingerprint density at radius 2 is 1.89 bits per heavy atom. The van der Waals surface area contributed by atoms with Crippen molar-refractivity contribution in [1.82, 2.24) is 20.5 Å². The average molecular weight is 487 g/mol. The van der Waals surface area contributed by atoms with Crippen molar-refractivity contribution in [2.75, 3.05) is 6.54 Å². The first-order valence-electron chi connectivity index (χ1n) is 11.3. The number of carboxylic acids is 1. The zero-order chi connectivity index (χ0) is 25.7. The molecule has 35 heavy (non-hydrogen) atoms. The van der Waals surface area contributed by atoms with Crippen LogP contribution in [0.1, 0.15) is 31.7 Å². The fraction of sp³-hybridized carbons (Fsp3) is 0.435. The summed E-state index contributed by atoms with van der Waals surface area (Å²) >= 11 is 0. The normalized spacial score (nSPS) is 18.0. The van der Waals surface area contributed by atoms with Gasteiger partial charge in [0.05, 0.1) is 12.5 Å². The van der Waals surface area contributed by atoms with Gasteiger partial charge in [-0.2, -0.15) is 0 Å². The molecule has 1 aromatic carbocycles. The lowest BCUT2D eigenvalue weighted by Crippen LogP contribution is -2.57. The summed E-state index contributed by atoms with van der Waals surface area (Å²) in [5.74, 6) is -3.94. The molecule has 4 unspecified atom stereocenters. The lowest BCUT2D eigenvalue weighted by Gasteiger charge is -2.29. The molecule has 1 fully saturated rings. The molecule has 2 aromatic rings. The van der Waals surface area contributed by atoms with Gasteiger partial charge in [0.1, 0.15) is 18.1 Å². The first kappa shape index (κ1) is 25.7. The first-order valence-corrected chi connectivity index (χ1v) is 11.3. The molecule has 0 radical (unpaired) electrons. The number of rotatable bonds is 10. The number of aliphatic carboxylic acids is 1. The summed E-state index contributed by atoms with van der Waals surface area (Å²) in [6.45, 7) is 1.63. The minimum atomic E-state index is -1.28. The molecule has 1 saturated heterocycles. The van der Waals surface area contributed by atoms with Gasteiger partial charge in [-0.15, -0.1) is 0 Å². The van der Waals surface area contributed by atoms with Crippen LogP contribution in [0.3, 0.4) is 0 Å². The summed E-state index contributed by atoms with van der Waals surface area (Å²) in [5, 5.41) is 15.5. The quantitative estimate of drug-likeness (QED) is 0.247. The Hall–Kier alpha value is -3.93. The van der Waals surface area contributed by atoms with Crippen molar-refractivity contribution in [3.8, 4) is 0 Å². The molecular weight excluding hydrogens is 456 g/mol. The maximum absolute atomic E-state index is 13.1. The number of nitrogens with zero attached hydrogens (tertiary/aromatic N) is 1. The summed E-state index contributed by atoms with van der Waals surface area (Å²) in [5.41, 5.74) is 12.4. The summed E-state index contributed by atoms with van der Waals surface area (Å²) < 4.78 is 0. The van der Waals surface area contributed by atoms with Gasteiger partial charge in [0.2, 0.25) is 23.6 Å². The van der Waals surface area contributed by atoms with Gasteiger partial charge < -0.3 is 37.1 Å². The number of nitrogens with two attached hydrogens (primary N) is 2. The van der Waals surface area contributed by atoms with Crippen molar-refractivity contribution in [2.24, 2.45) is 11.5 Å². The van der Waals surface area contributed by atoms with E-state index >= 15 is 0 Å². The third-order valence-electron chi connectivity index (χ3n) is 5.99. The molecule has 0 spiro atoms. The van der Waals surface area contributed by atoms with Gasteiger partial charge in [-0.3, -0.25) is 19.2 Å². The Kier molecular flexibility index (Phi) is 8.07. The number of benzene rings is 1. The molecule has 0 bridgehead atoms. The standard InChI is InChI=1S/C23H30N6O6/c1-12(24)20(31)27-16(10-19(25)30)22(33)29-8-4-7-18(29)21(32)28-17(23(34)35)9-13-11-26-15-6-3-2-5-14(13)15/h2-3,5-6,11-12,16-18,26H,4,7-10,24H2,1H3,(H2,25,30)(H,27,31)(H,28,32)(H,34,35). The number of carboxylic acid groups (broad SMARTS) is 1. The molecule has 2 heterocycles. The lowest BCUT2D eigenvalue weighted by atomic mass is 10.0. The van der Waals surface area contributed by atoms with Crippen LogP contribution in [0.2, 0.25) is 0 Å². The zero-order valence-corrected chi connectivity index (χ0v) is 19.3. The topological polar surface area (TPSA) is 201 Å². The second-order valence-corrected chi connectivity index (χ2v) is 8.67. The highest BCUT2D eigenvalue weighted by Crippen LogP contribution is 2.22. The minimum absolute atomic E-state index is 0.0422. The van der Waals surface area contributed by atoms with E-state index in [0.717, 1.165) is 16.5 Å². The van der Waals surface area contributed by atoms with E-state index in [1.165, 1.54) is 11.8 Å². The number of nitrogens with one attached hydrogen (secondary N) is 3. The van der Waals surface area contributed by atoms with E-state index in [1.807, 2.05) is 24.3 Å². The van der Waals surface area contributed by atoms with Crippen molar-refractivity contribution >= 4 is 40.5 Å². The SMILES string of the molecule is CC(N)C(=O)NC(CC(N)=O)C(=O)N1CCCC1C(=O)NC(Cc1c[nH]c2ccccc12)C(=O)O. The van der Waals surface area contributed by atoms with Crippen LogP contribution in [0.15, 0.2) is 30.5 Å². The second kappa shape index (κ2) is 11.0. The number of fused-ring (bicyclic) bond motifs is 1. The van der Waals surface area contributed by atoms with Gasteiger partial charge in [0.25, 0.3) is 0 Å². The number of aromatic amines is 1. The van der Waals surface area contributed by atoms with E-state index < -0.39 is 60.2 Å². The highest BCUT2D eigenvalue weighted by atomic mass is 16.4. The number of aromatic nitrogens is 1. The number of para-hydroxylation sites is 1. The Morgan fingerprint density at radius 1 is 1.17 bits per heavy atom. The fourth-order valence-electron chi connectivity index (χ4n) is 4.20. The van der Waals surface area contributed by atoms with E-state index in [2.05, 4.69) is 15.6 Å². The van der Waals surface area contributed by atoms with E-state index in [0.29, 0.717) is 12.8 Å². The van der Waals surface area contributed by atoms with Crippen LogP contribution in [0, 0.1) is 0 Å². The minimum Gasteiger partial charge on any atom is -0.480 e. The summed E-state index contributed by atoms with van der Waals surface area (Å²) in [7, 11) is 0. The van der Waals surface area contributed by atoms with Crippen molar-refractivity contribution in [3.05, 3.63) is 36.0 Å². The third kappa shape index (κ3) is 6.15. The monoisotopic (exact) mass is 486 g/mol. The Bertz CT molecular complexity index is 1130. The molecule has 0 saturated carbocycles. The van der Waals surface area contributed by atoms with Crippen LogP contribution in [0.4, 0.5) is 0 Å². The third-order valence-corrected chi connectivity index (χ3v) is 5.99. The molecule has 188 valence electrons. The van der Waals surface area contributed by atoms with E-state index in [4.69, 9.17) is 11.5 Å². The van der Waals surface area contributed by atoms with Crippen molar-refractivity contribution < 1.29 is 29.1 Å². The van der Waals surface area contributed by atoms with Crippen LogP contribution < -0.4 is 22.1 Å². The van der Waals surface area contributed by atoms with Crippen LogP contribution in [0.5, 0.6) is 0 Å². The molecule has 4 atom stereocenters. The highest BCUT2D eigenvalue weighted by Gasteiger charge is 2.39. The van der Waals surface area contributed by atoms with Crippen LogP contribution in [-0.4, -0.2) is 75.3 Å². The van der Waals surface area contributed by atoms with Gasteiger partial charge >= 0.3 is 5.97 Å². The lowest BCUT2D eigenvalue weighted by molar-refractivity contribution is -0.145. The van der Waals surface area contributed by atoms with Gasteiger partial charge in [-0.05, 0) is 31.4 Å².